The van der Waals surface area contributed by atoms with E-state index in [1.165, 1.54) is 12.1 Å². The predicted octanol–water partition coefficient (Wildman–Crippen LogP) is 2.90. The van der Waals surface area contributed by atoms with Crippen LogP contribution in [0, 0.1) is 12.7 Å². The number of hydrogen-bond acceptors (Lipinski definition) is 5. The number of amides is 1. The van der Waals surface area contributed by atoms with Crippen molar-refractivity contribution in [3.63, 3.8) is 0 Å². The largest absolute Gasteiger partial charge is 0.481 e. The van der Waals surface area contributed by atoms with Gasteiger partial charge in [0.05, 0.1) is 18.6 Å². The fraction of sp³-hybridized carbons (Fsp3) is 0.320. The topological polar surface area (TPSA) is 125 Å². The number of aliphatic carboxylic acids is 1. The molecule has 2 aromatic carbocycles. The van der Waals surface area contributed by atoms with Crippen LogP contribution in [0.2, 0.25) is 0 Å². The first-order valence-corrected chi connectivity index (χ1v) is 11.0. The molecular formula is C25H28FN3O5. The van der Waals surface area contributed by atoms with Crippen LogP contribution >= 0.6 is 0 Å². The number of carbonyl (C=O) groups is 2. The van der Waals surface area contributed by atoms with Gasteiger partial charge in [-0.3, -0.25) is 9.59 Å². The minimum atomic E-state index is -1.16. The van der Waals surface area contributed by atoms with Gasteiger partial charge in [-0.2, -0.15) is 0 Å². The van der Waals surface area contributed by atoms with Crippen molar-refractivity contribution >= 4 is 11.9 Å². The predicted molar refractivity (Wildman–Crippen MR) is 123 cm³/mol. The van der Waals surface area contributed by atoms with Crippen molar-refractivity contribution in [2.24, 2.45) is 0 Å². The number of aromatic nitrogens is 2. The van der Waals surface area contributed by atoms with E-state index in [4.69, 9.17) is 5.11 Å². The first-order chi connectivity index (χ1) is 16.2. The van der Waals surface area contributed by atoms with Crippen LogP contribution in [-0.4, -0.2) is 49.0 Å². The molecule has 0 saturated carbocycles. The summed E-state index contributed by atoms with van der Waals surface area (Å²) in [7, 11) is 0. The molecule has 0 radical (unpaired) electrons. The van der Waals surface area contributed by atoms with Crippen LogP contribution in [0.15, 0.2) is 54.6 Å². The van der Waals surface area contributed by atoms with Crippen molar-refractivity contribution in [2.45, 2.75) is 51.5 Å². The van der Waals surface area contributed by atoms with Gasteiger partial charge in [-0.1, -0.05) is 30.3 Å². The summed E-state index contributed by atoms with van der Waals surface area (Å²) < 4.78 is 15.2. The van der Waals surface area contributed by atoms with Gasteiger partial charge in [0.15, 0.2) is 0 Å². The van der Waals surface area contributed by atoms with Crippen molar-refractivity contribution in [3.8, 4) is 11.4 Å². The second-order valence-electron chi connectivity index (χ2n) is 8.13. The second kappa shape index (κ2) is 11.5. The average Bonchev–Trinajstić information content (AvgIpc) is 3.13. The fourth-order valence-corrected chi connectivity index (χ4v) is 3.70. The Labute approximate surface area is 196 Å². The molecule has 4 N–H and O–H groups in total. The highest BCUT2D eigenvalue weighted by Gasteiger charge is 2.22. The van der Waals surface area contributed by atoms with E-state index in [-0.39, 0.29) is 31.0 Å². The van der Waals surface area contributed by atoms with Gasteiger partial charge in [0, 0.05) is 24.3 Å². The molecule has 9 heteroatoms. The minimum Gasteiger partial charge on any atom is -0.481 e. The quantitative estimate of drug-likeness (QED) is 0.342. The average molecular weight is 470 g/mol. The first-order valence-electron chi connectivity index (χ1n) is 11.0. The third kappa shape index (κ3) is 6.72. The van der Waals surface area contributed by atoms with Crippen LogP contribution < -0.4 is 5.32 Å². The van der Waals surface area contributed by atoms with Gasteiger partial charge < -0.3 is 25.2 Å². The molecule has 1 aromatic heterocycles. The SMILES string of the molecule is Cc1c(C(=O)NCc2ccccc2)nc(-c2ccc(F)cc2)n1CC[C@@H](O)C[C@@H](O)CC(=O)O. The molecule has 0 saturated heterocycles. The number of halogens is 1. The lowest BCUT2D eigenvalue weighted by molar-refractivity contribution is -0.139. The van der Waals surface area contributed by atoms with E-state index >= 15 is 0 Å². The van der Waals surface area contributed by atoms with Gasteiger partial charge in [0.25, 0.3) is 5.91 Å². The first kappa shape index (κ1) is 25.1. The lowest BCUT2D eigenvalue weighted by atomic mass is 10.1. The zero-order valence-corrected chi connectivity index (χ0v) is 18.8. The third-order valence-electron chi connectivity index (χ3n) is 5.47. The molecule has 2 atom stereocenters. The zero-order valence-electron chi connectivity index (χ0n) is 18.8. The molecule has 0 bridgehead atoms. The number of carbonyl (C=O) groups excluding carboxylic acids is 1. The summed E-state index contributed by atoms with van der Waals surface area (Å²) in [6.07, 6.45) is -2.45. The Hall–Kier alpha value is -3.56. The molecule has 1 amide bonds. The van der Waals surface area contributed by atoms with Gasteiger partial charge in [0.2, 0.25) is 0 Å². The number of aliphatic hydroxyl groups is 2. The molecule has 1 heterocycles. The summed E-state index contributed by atoms with van der Waals surface area (Å²) >= 11 is 0. The molecular weight excluding hydrogens is 441 g/mol. The molecule has 0 unspecified atom stereocenters. The van der Waals surface area contributed by atoms with E-state index < -0.39 is 30.4 Å². The number of carboxylic acids is 1. The summed E-state index contributed by atoms with van der Waals surface area (Å²) in [6, 6.07) is 15.2. The number of hydrogen-bond donors (Lipinski definition) is 4. The molecule has 0 fully saturated rings. The summed E-state index contributed by atoms with van der Waals surface area (Å²) in [5.41, 5.74) is 2.33. The molecule has 34 heavy (non-hydrogen) atoms. The van der Waals surface area contributed by atoms with Crippen LogP contribution in [0.25, 0.3) is 11.4 Å². The maximum atomic E-state index is 13.5. The number of aliphatic hydroxyl groups excluding tert-OH is 2. The Morgan fingerprint density at radius 3 is 2.38 bits per heavy atom. The van der Waals surface area contributed by atoms with E-state index in [9.17, 15) is 24.2 Å². The highest BCUT2D eigenvalue weighted by atomic mass is 19.1. The van der Waals surface area contributed by atoms with E-state index in [0.717, 1.165) is 5.56 Å². The molecule has 3 aromatic rings. The van der Waals surface area contributed by atoms with E-state index in [1.54, 1.807) is 23.6 Å². The number of carboxylic acid groups (broad SMARTS) is 1. The number of rotatable bonds is 11. The van der Waals surface area contributed by atoms with E-state index in [2.05, 4.69) is 10.3 Å². The highest BCUT2D eigenvalue weighted by molar-refractivity contribution is 5.94. The number of nitrogens with zero attached hydrogens (tertiary/aromatic N) is 2. The molecule has 0 spiro atoms. The van der Waals surface area contributed by atoms with Crippen molar-refractivity contribution in [1.82, 2.24) is 14.9 Å². The maximum absolute atomic E-state index is 13.5. The standard InChI is InChI=1S/C25H28FN3O5/c1-16-23(25(34)27-15-17-5-3-2-4-6-17)28-24(18-7-9-19(26)10-8-18)29(16)12-11-20(30)13-21(31)14-22(32)33/h2-10,20-21,30-31H,11-15H2,1H3,(H,27,34)(H,32,33)/t20-,21-/m1/s1. The summed E-state index contributed by atoms with van der Waals surface area (Å²) in [4.78, 5) is 28.1. The molecule has 180 valence electrons. The Bertz CT molecular complexity index is 1120. The van der Waals surface area contributed by atoms with Crippen LogP contribution in [0.5, 0.6) is 0 Å². The maximum Gasteiger partial charge on any atom is 0.305 e. The van der Waals surface area contributed by atoms with Crippen LogP contribution in [0.3, 0.4) is 0 Å². The Kier molecular flexibility index (Phi) is 8.50. The van der Waals surface area contributed by atoms with Crippen molar-refractivity contribution in [2.75, 3.05) is 0 Å². The number of imidazole rings is 1. The molecule has 0 aliphatic carbocycles. The lowest BCUT2D eigenvalue weighted by Crippen LogP contribution is -2.24. The van der Waals surface area contributed by atoms with Gasteiger partial charge in [-0.05, 0) is 49.6 Å². The Balaban J connectivity index is 1.80. The fourth-order valence-electron chi connectivity index (χ4n) is 3.70. The second-order valence-corrected chi connectivity index (χ2v) is 8.13. The summed E-state index contributed by atoms with van der Waals surface area (Å²) in [5.74, 6) is -1.46. The van der Waals surface area contributed by atoms with Crippen molar-refractivity contribution < 1.29 is 29.3 Å². The van der Waals surface area contributed by atoms with E-state index in [0.29, 0.717) is 23.6 Å². The van der Waals surface area contributed by atoms with Gasteiger partial charge in [0.1, 0.15) is 17.3 Å². The summed E-state index contributed by atoms with van der Waals surface area (Å²) in [5, 5.41) is 31.7. The van der Waals surface area contributed by atoms with Gasteiger partial charge in [-0.15, -0.1) is 0 Å². The van der Waals surface area contributed by atoms with Crippen LogP contribution in [0.1, 0.15) is 41.0 Å². The van der Waals surface area contributed by atoms with Crippen molar-refractivity contribution in [3.05, 3.63) is 77.4 Å². The molecule has 3 rings (SSSR count). The molecule has 8 nitrogen and oxygen atoms in total. The number of nitrogens with one attached hydrogen (secondary N) is 1. The molecule has 0 aliphatic heterocycles. The van der Waals surface area contributed by atoms with Gasteiger partial charge >= 0.3 is 5.97 Å². The molecule has 0 aliphatic rings. The lowest BCUT2D eigenvalue weighted by Gasteiger charge is -2.16. The highest BCUT2D eigenvalue weighted by Crippen LogP contribution is 2.24. The monoisotopic (exact) mass is 469 g/mol. The summed E-state index contributed by atoms with van der Waals surface area (Å²) in [6.45, 7) is 2.33. The number of benzene rings is 2. The zero-order chi connectivity index (χ0) is 24.7. The Morgan fingerprint density at radius 1 is 1.06 bits per heavy atom. The van der Waals surface area contributed by atoms with E-state index in [1.807, 2.05) is 30.3 Å². The van der Waals surface area contributed by atoms with Gasteiger partial charge in [-0.25, -0.2) is 9.37 Å². The van der Waals surface area contributed by atoms with Crippen LogP contribution in [0.4, 0.5) is 4.39 Å². The normalized spacial score (nSPS) is 12.8. The third-order valence-corrected chi connectivity index (χ3v) is 5.47. The Morgan fingerprint density at radius 2 is 1.74 bits per heavy atom. The van der Waals surface area contributed by atoms with Crippen LogP contribution in [-0.2, 0) is 17.9 Å². The minimum absolute atomic E-state index is 0.0870. The van der Waals surface area contributed by atoms with Crippen molar-refractivity contribution in [1.29, 1.82) is 0 Å². The smallest absolute Gasteiger partial charge is 0.305 e.